The van der Waals surface area contributed by atoms with E-state index in [9.17, 15) is 8.78 Å². The molecular weight excluding hydrogens is 218 g/mol. The zero-order chi connectivity index (χ0) is 12.5. The first-order valence-corrected chi connectivity index (χ1v) is 6.61. The van der Waals surface area contributed by atoms with Crippen molar-refractivity contribution in [2.24, 2.45) is 0 Å². The number of halogens is 2. The van der Waals surface area contributed by atoms with Gasteiger partial charge in [-0.25, -0.2) is 8.78 Å². The Morgan fingerprint density at radius 3 is 2.06 bits per heavy atom. The Kier molecular flexibility index (Phi) is 6.83. The topological polar surface area (TPSA) is 0 Å². The van der Waals surface area contributed by atoms with Gasteiger partial charge in [-0.05, 0) is 18.4 Å². The van der Waals surface area contributed by atoms with Crippen LogP contribution in [0.1, 0.15) is 63.0 Å². The van der Waals surface area contributed by atoms with E-state index < -0.39 is 6.43 Å². The predicted molar refractivity (Wildman–Crippen MR) is 68.5 cm³/mol. The molecule has 1 aromatic carbocycles. The van der Waals surface area contributed by atoms with Gasteiger partial charge in [0.05, 0.1) is 0 Å². The van der Waals surface area contributed by atoms with E-state index in [1.165, 1.54) is 49.8 Å². The van der Waals surface area contributed by atoms with Crippen LogP contribution in [0, 0.1) is 0 Å². The Bertz CT molecular complexity index is 290. The number of rotatable bonds is 8. The Hall–Kier alpha value is -0.920. The van der Waals surface area contributed by atoms with E-state index >= 15 is 0 Å². The summed E-state index contributed by atoms with van der Waals surface area (Å²) in [5, 5.41) is 0. The van der Waals surface area contributed by atoms with Crippen molar-refractivity contribution < 1.29 is 8.78 Å². The van der Waals surface area contributed by atoms with Gasteiger partial charge in [-0.1, -0.05) is 63.3 Å². The molecule has 0 unspecified atom stereocenters. The van der Waals surface area contributed by atoms with E-state index in [2.05, 4.69) is 6.92 Å². The van der Waals surface area contributed by atoms with Gasteiger partial charge in [-0.3, -0.25) is 0 Å². The van der Waals surface area contributed by atoms with E-state index in [1.807, 2.05) is 12.1 Å². The highest BCUT2D eigenvalue weighted by Gasteiger charge is 2.05. The van der Waals surface area contributed by atoms with Crippen LogP contribution in [-0.2, 0) is 6.42 Å². The van der Waals surface area contributed by atoms with E-state index in [4.69, 9.17) is 0 Å². The van der Waals surface area contributed by atoms with Crippen molar-refractivity contribution in [3.05, 3.63) is 35.4 Å². The maximum atomic E-state index is 12.3. The summed E-state index contributed by atoms with van der Waals surface area (Å²) in [5.41, 5.74) is 1.29. The van der Waals surface area contributed by atoms with Gasteiger partial charge in [-0.2, -0.15) is 0 Å². The molecule has 0 amide bonds. The fourth-order valence-corrected chi connectivity index (χ4v) is 1.94. The standard InChI is InChI=1S/C15H22F2/c1-2-3-4-5-6-7-8-13-9-11-14(12-10-13)15(16)17/h9-12,15H,2-8H2,1H3. The maximum absolute atomic E-state index is 12.3. The molecule has 0 saturated heterocycles. The second-order valence-corrected chi connectivity index (χ2v) is 4.56. The molecule has 0 heterocycles. The van der Waals surface area contributed by atoms with Crippen LogP contribution in [0.25, 0.3) is 0 Å². The smallest absolute Gasteiger partial charge is 0.205 e. The molecule has 0 saturated carbocycles. The lowest BCUT2D eigenvalue weighted by molar-refractivity contribution is 0.151. The van der Waals surface area contributed by atoms with Crippen LogP contribution in [0.5, 0.6) is 0 Å². The molecule has 0 spiro atoms. The van der Waals surface area contributed by atoms with Gasteiger partial charge in [0, 0.05) is 5.56 Å². The molecular formula is C15H22F2. The normalized spacial score (nSPS) is 11.1. The minimum atomic E-state index is -2.35. The minimum Gasteiger partial charge on any atom is -0.205 e. The summed E-state index contributed by atoms with van der Waals surface area (Å²) in [6.07, 6.45) is 6.28. The van der Waals surface area contributed by atoms with Gasteiger partial charge < -0.3 is 0 Å². The Morgan fingerprint density at radius 2 is 1.47 bits per heavy atom. The van der Waals surface area contributed by atoms with Crippen LogP contribution in [0.3, 0.4) is 0 Å². The minimum absolute atomic E-state index is 0.122. The van der Waals surface area contributed by atoms with Crippen molar-refractivity contribution in [2.75, 3.05) is 0 Å². The molecule has 0 N–H and O–H groups in total. The van der Waals surface area contributed by atoms with Gasteiger partial charge >= 0.3 is 0 Å². The molecule has 96 valence electrons. The third-order valence-corrected chi connectivity index (χ3v) is 3.05. The number of hydrogen-bond acceptors (Lipinski definition) is 0. The first-order chi connectivity index (χ1) is 8.24. The monoisotopic (exact) mass is 240 g/mol. The van der Waals surface area contributed by atoms with Crippen molar-refractivity contribution in [3.8, 4) is 0 Å². The van der Waals surface area contributed by atoms with Gasteiger partial charge in [0.25, 0.3) is 6.43 Å². The van der Waals surface area contributed by atoms with Crippen LogP contribution in [0.2, 0.25) is 0 Å². The van der Waals surface area contributed by atoms with Crippen molar-refractivity contribution in [3.63, 3.8) is 0 Å². The number of hydrogen-bond donors (Lipinski definition) is 0. The third-order valence-electron chi connectivity index (χ3n) is 3.05. The van der Waals surface area contributed by atoms with Crippen molar-refractivity contribution in [2.45, 2.75) is 58.3 Å². The number of unbranched alkanes of at least 4 members (excludes halogenated alkanes) is 5. The van der Waals surface area contributed by atoms with E-state index in [0.29, 0.717) is 0 Å². The van der Waals surface area contributed by atoms with E-state index in [0.717, 1.165) is 12.8 Å². The highest BCUT2D eigenvalue weighted by atomic mass is 19.3. The van der Waals surface area contributed by atoms with Crippen LogP contribution in [-0.4, -0.2) is 0 Å². The second-order valence-electron chi connectivity index (χ2n) is 4.56. The number of benzene rings is 1. The molecule has 0 aliphatic carbocycles. The van der Waals surface area contributed by atoms with Crippen LogP contribution in [0.15, 0.2) is 24.3 Å². The molecule has 1 aromatic rings. The number of alkyl halides is 2. The third kappa shape index (κ3) is 5.81. The zero-order valence-electron chi connectivity index (χ0n) is 10.6. The molecule has 2 heteroatoms. The Labute approximate surface area is 103 Å². The molecule has 17 heavy (non-hydrogen) atoms. The first kappa shape index (κ1) is 14.1. The van der Waals surface area contributed by atoms with E-state index in [-0.39, 0.29) is 5.56 Å². The van der Waals surface area contributed by atoms with Crippen molar-refractivity contribution >= 4 is 0 Å². The lowest BCUT2D eigenvalue weighted by Crippen LogP contribution is -1.88. The fraction of sp³-hybridized carbons (Fsp3) is 0.600. The summed E-state index contributed by atoms with van der Waals surface area (Å²) in [4.78, 5) is 0. The highest BCUT2D eigenvalue weighted by Crippen LogP contribution is 2.19. The average molecular weight is 240 g/mol. The van der Waals surface area contributed by atoms with Crippen molar-refractivity contribution in [1.29, 1.82) is 0 Å². The second kappa shape index (κ2) is 8.21. The summed E-state index contributed by atoms with van der Waals surface area (Å²) < 4.78 is 24.6. The van der Waals surface area contributed by atoms with Crippen LogP contribution in [0.4, 0.5) is 8.78 Å². The lowest BCUT2D eigenvalue weighted by Gasteiger charge is -2.04. The first-order valence-electron chi connectivity index (χ1n) is 6.61. The van der Waals surface area contributed by atoms with E-state index in [1.54, 1.807) is 0 Å². The van der Waals surface area contributed by atoms with Gasteiger partial charge in [-0.15, -0.1) is 0 Å². The summed E-state index contributed by atoms with van der Waals surface area (Å²) in [6.45, 7) is 2.21. The zero-order valence-corrected chi connectivity index (χ0v) is 10.6. The molecule has 0 fully saturated rings. The molecule has 0 radical (unpaired) electrons. The summed E-state index contributed by atoms with van der Waals surface area (Å²) in [7, 11) is 0. The quantitative estimate of drug-likeness (QED) is 0.524. The number of aryl methyl sites for hydroxylation is 1. The summed E-state index contributed by atoms with van der Waals surface area (Å²) >= 11 is 0. The summed E-state index contributed by atoms with van der Waals surface area (Å²) in [5.74, 6) is 0. The largest absolute Gasteiger partial charge is 0.263 e. The van der Waals surface area contributed by atoms with Crippen molar-refractivity contribution in [1.82, 2.24) is 0 Å². The fourth-order valence-electron chi connectivity index (χ4n) is 1.94. The van der Waals surface area contributed by atoms with Crippen LogP contribution < -0.4 is 0 Å². The average Bonchev–Trinajstić information content (AvgIpc) is 2.34. The Balaban J connectivity index is 2.19. The molecule has 0 aliphatic rings. The van der Waals surface area contributed by atoms with Gasteiger partial charge in [0.2, 0.25) is 0 Å². The molecule has 0 atom stereocenters. The molecule has 1 rings (SSSR count). The molecule has 0 bridgehead atoms. The molecule has 0 aliphatic heterocycles. The maximum Gasteiger partial charge on any atom is 0.263 e. The molecule has 0 aromatic heterocycles. The molecule has 0 nitrogen and oxygen atoms in total. The SMILES string of the molecule is CCCCCCCCc1ccc(C(F)F)cc1. The van der Waals surface area contributed by atoms with Gasteiger partial charge in [0.1, 0.15) is 0 Å². The summed E-state index contributed by atoms with van der Waals surface area (Å²) in [6, 6.07) is 6.73. The van der Waals surface area contributed by atoms with Crippen LogP contribution >= 0.6 is 0 Å². The Morgan fingerprint density at radius 1 is 0.882 bits per heavy atom. The lowest BCUT2D eigenvalue weighted by atomic mass is 10.0. The van der Waals surface area contributed by atoms with Gasteiger partial charge in [0.15, 0.2) is 0 Å². The highest BCUT2D eigenvalue weighted by molar-refractivity contribution is 5.23. The predicted octanol–water partition coefficient (Wildman–Crippen LogP) is 5.53.